The number of fused-ring (bicyclic) bond motifs is 1. The van der Waals surface area contributed by atoms with E-state index in [0.29, 0.717) is 22.6 Å². The highest BCUT2D eigenvalue weighted by atomic mass is 79.9. The quantitative estimate of drug-likeness (QED) is 0.780. The molecule has 1 heterocycles. The Bertz CT molecular complexity index is 745. The molecule has 21 heavy (non-hydrogen) atoms. The van der Waals surface area contributed by atoms with Gasteiger partial charge in [-0.15, -0.1) is 0 Å². The molecule has 0 spiro atoms. The Labute approximate surface area is 129 Å². The van der Waals surface area contributed by atoms with E-state index in [1.54, 1.807) is 36.4 Å². The third-order valence-electron chi connectivity index (χ3n) is 3.26. The van der Waals surface area contributed by atoms with Gasteiger partial charge in [-0.3, -0.25) is 14.5 Å². The van der Waals surface area contributed by atoms with Gasteiger partial charge in [0.2, 0.25) is 5.91 Å². The number of hydrogen-bond acceptors (Lipinski definition) is 3. The third kappa shape index (κ3) is 2.50. The monoisotopic (exact) mass is 345 g/mol. The fourth-order valence-electron chi connectivity index (χ4n) is 2.29. The van der Waals surface area contributed by atoms with E-state index in [-0.39, 0.29) is 18.4 Å². The Morgan fingerprint density at radius 1 is 1.24 bits per heavy atom. The smallest absolute Gasteiger partial charge is 0.260 e. The topological polar surface area (TPSA) is 75.4 Å². The molecule has 0 saturated carbocycles. The molecular weight excluding hydrogens is 334 g/mol. The van der Waals surface area contributed by atoms with Crippen LogP contribution in [0.5, 0.6) is 0 Å². The van der Waals surface area contributed by atoms with Crippen molar-refractivity contribution >= 4 is 44.8 Å². The van der Waals surface area contributed by atoms with Crippen molar-refractivity contribution in [3.8, 4) is 0 Å². The van der Waals surface area contributed by atoms with Gasteiger partial charge < -0.3 is 11.1 Å². The van der Waals surface area contributed by atoms with Crippen molar-refractivity contribution in [3.63, 3.8) is 0 Å². The third-order valence-corrected chi connectivity index (χ3v) is 3.75. The number of para-hydroxylation sites is 2. The lowest BCUT2D eigenvalue weighted by Gasteiger charge is -2.29. The zero-order valence-electron chi connectivity index (χ0n) is 11.0. The van der Waals surface area contributed by atoms with Crippen molar-refractivity contribution in [2.45, 2.75) is 0 Å². The summed E-state index contributed by atoms with van der Waals surface area (Å²) in [5, 5.41) is 2.75. The molecule has 0 bridgehead atoms. The molecule has 2 amide bonds. The van der Waals surface area contributed by atoms with Gasteiger partial charge in [0.15, 0.2) is 0 Å². The average Bonchev–Trinajstić information content (AvgIpc) is 2.45. The maximum atomic E-state index is 12.7. The minimum absolute atomic E-state index is 0.0225. The van der Waals surface area contributed by atoms with Crippen molar-refractivity contribution < 1.29 is 9.59 Å². The van der Waals surface area contributed by atoms with Crippen molar-refractivity contribution in [2.24, 2.45) is 0 Å². The first-order valence-corrected chi connectivity index (χ1v) is 7.11. The minimum Gasteiger partial charge on any atom is -0.398 e. The lowest BCUT2D eigenvalue weighted by molar-refractivity contribution is -0.115. The van der Waals surface area contributed by atoms with Gasteiger partial charge in [0.05, 0.1) is 16.9 Å². The first-order valence-electron chi connectivity index (χ1n) is 6.32. The summed E-state index contributed by atoms with van der Waals surface area (Å²) in [7, 11) is 0. The number of nitrogens with one attached hydrogen (secondary N) is 1. The van der Waals surface area contributed by atoms with Crippen LogP contribution in [0.4, 0.5) is 17.1 Å². The van der Waals surface area contributed by atoms with E-state index in [9.17, 15) is 9.59 Å². The summed E-state index contributed by atoms with van der Waals surface area (Å²) >= 11 is 3.31. The van der Waals surface area contributed by atoms with E-state index >= 15 is 0 Å². The van der Waals surface area contributed by atoms with Crippen molar-refractivity contribution in [3.05, 3.63) is 52.5 Å². The highest BCUT2D eigenvalue weighted by Crippen LogP contribution is 2.31. The number of carbonyl (C=O) groups is 2. The van der Waals surface area contributed by atoms with E-state index < -0.39 is 0 Å². The van der Waals surface area contributed by atoms with Crippen LogP contribution in [0.2, 0.25) is 0 Å². The van der Waals surface area contributed by atoms with E-state index in [1.807, 2.05) is 6.07 Å². The van der Waals surface area contributed by atoms with Crippen LogP contribution in [0.1, 0.15) is 10.4 Å². The molecule has 2 aromatic carbocycles. The number of amides is 2. The molecule has 0 aliphatic carbocycles. The molecule has 0 atom stereocenters. The van der Waals surface area contributed by atoms with Crippen LogP contribution in [-0.4, -0.2) is 18.4 Å². The molecule has 2 aromatic rings. The molecule has 5 nitrogen and oxygen atoms in total. The molecule has 3 N–H and O–H groups in total. The van der Waals surface area contributed by atoms with Gasteiger partial charge in [-0.2, -0.15) is 0 Å². The van der Waals surface area contributed by atoms with Crippen LogP contribution in [-0.2, 0) is 4.79 Å². The van der Waals surface area contributed by atoms with E-state index in [0.717, 1.165) is 4.47 Å². The molecule has 0 unspecified atom stereocenters. The standard InChI is InChI=1S/C15H12BrN3O2/c16-9-5-6-10(11(17)7-9)15(21)19-8-14(20)18-12-3-1-2-4-13(12)19/h1-7H,8,17H2,(H,18,20). The van der Waals surface area contributed by atoms with Gasteiger partial charge in [0, 0.05) is 10.2 Å². The summed E-state index contributed by atoms with van der Waals surface area (Å²) < 4.78 is 0.799. The van der Waals surface area contributed by atoms with Gasteiger partial charge in [0.25, 0.3) is 5.91 Å². The molecule has 106 valence electrons. The maximum Gasteiger partial charge on any atom is 0.260 e. The van der Waals surface area contributed by atoms with Crippen molar-refractivity contribution in [2.75, 3.05) is 22.5 Å². The summed E-state index contributed by atoms with van der Waals surface area (Å²) in [6.07, 6.45) is 0. The molecule has 3 rings (SSSR count). The zero-order valence-corrected chi connectivity index (χ0v) is 12.6. The van der Waals surface area contributed by atoms with Crippen LogP contribution in [0.15, 0.2) is 46.9 Å². The van der Waals surface area contributed by atoms with Crippen LogP contribution >= 0.6 is 15.9 Å². The Morgan fingerprint density at radius 3 is 2.76 bits per heavy atom. The normalized spacial score (nSPS) is 13.6. The van der Waals surface area contributed by atoms with Gasteiger partial charge in [-0.1, -0.05) is 28.1 Å². The first-order chi connectivity index (χ1) is 10.1. The number of nitrogens with zero attached hydrogens (tertiary/aromatic N) is 1. The molecule has 0 fully saturated rings. The lowest BCUT2D eigenvalue weighted by Crippen LogP contribution is -2.42. The molecule has 0 saturated heterocycles. The second kappa shape index (κ2) is 5.21. The van der Waals surface area contributed by atoms with E-state index in [1.165, 1.54) is 4.90 Å². The Morgan fingerprint density at radius 2 is 2.00 bits per heavy atom. The number of nitrogens with two attached hydrogens (primary N) is 1. The molecule has 0 radical (unpaired) electrons. The molecular formula is C15H12BrN3O2. The fourth-order valence-corrected chi connectivity index (χ4v) is 2.67. The SMILES string of the molecule is Nc1cc(Br)ccc1C(=O)N1CC(=O)Nc2ccccc21. The summed E-state index contributed by atoms with van der Waals surface area (Å²) in [6.45, 7) is -0.0225. The van der Waals surface area contributed by atoms with E-state index in [4.69, 9.17) is 5.73 Å². The summed E-state index contributed by atoms with van der Waals surface area (Å²) in [5.41, 5.74) is 7.95. The van der Waals surface area contributed by atoms with Crippen LogP contribution in [0.25, 0.3) is 0 Å². The average molecular weight is 346 g/mol. The predicted octanol–water partition coefficient (Wildman–Crippen LogP) is 2.63. The number of halogens is 1. The van der Waals surface area contributed by atoms with E-state index in [2.05, 4.69) is 21.2 Å². The minimum atomic E-state index is -0.290. The Balaban J connectivity index is 2.04. The molecule has 1 aliphatic rings. The summed E-state index contributed by atoms with van der Waals surface area (Å²) in [6, 6.07) is 12.3. The van der Waals surface area contributed by atoms with Crippen molar-refractivity contribution in [1.82, 2.24) is 0 Å². The van der Waals surface area contributed by atoms with Crippen LogP contribution in [0.3, 0.4) is 0 Å². The van der Waals surface area contributed by atoms with Gasteiger partial charge in [0.1, 0.15) is 6.54 Å². The number of nitrogen functional groups attached to an aromatic ring is 1. The molecule has 6 heteroatoms. The summed E-state index contributed by atoms with van der Waals surface area (Å²) in [5.74, 6) is -0.514. The van der Waals surface area contributed by atoms with Gasteiger partial charge >= 0.3 is 0 Å². The first kappa shape index (κ1) is 13.6. The number of anilines is 3. The Hall–Kier alpha value is -2.34. The Kier molecular flexibility index (Phi) is 3.39. The fraction of sp³-hybridized carbons (Fsp3) is 0.0667. The second-order valence-corrected chi connectivity index (χ2v) is 5.60. The van der Waals surface area contributed by atoms with Gasteiger partial charge in [-0.05, 0) is 30.3 Å². The number of carbonyl (C=O) groups excluding carboxylic acids is 2. The zero-order chi connectivity index (χ0) is 15.0. The highest BCUT2D eigenvalue weighted by molar-refractivity contribution is 9.10. The predicted molar refractivity (Wildman–Crippen MR) is 85.3 cm³/mol. The number of hydrogen-bond donors (Lipinski definition) is 2. The lowest BCUT2D eigenvalue weighted by atomic mass is 10.1. The maximum absolute atomic E-state index is 12.7. The summed E-state index contributed by atoms with van der Waals surface area (Å²) in [4.78, 5) is 25.9. The number of benzene rings is 2. The van der Waals surface area contributed by atoms with Gasteiger partial charge in [-0.25, -0.2) is 0 Å². The molecule has 1 aliphatic heterocycles. The second-order valence-electron chi connectivity index (χ2n) is 4.69. The molecule has 0 aromatic heterocycles. The van der Waals surface area contributed by atoms with Crippen LogP contribution in [0, 0.1) is 0 Å². The van der Waals surface area contributed by atoms with Crippen LogP contribution < -0.4 is 16.0 Å². The number of rotatable bonds is 1. The van der Waals surface area contributed by atoms with Crippen molar-refractivity contribution in [1.29, 1.82) is 0 Å². The highest BCUT2D eigenvalue weighted by Gasteiger charge is 2.28. The largest absolute Gasteiger partial charge is 0.398 e.